The summed E-state index contributed by atoms with van der Waals surface area (Å²) in [6, 6.07) is 4.41. The van der Waals surface area contributed by atoms with Crippen molar-refractivity contribution in [1.82, 2.24) is 24.3 Å². The van der Waals surface area contributed by atoms with Crippen LogP contribution in [0.15, 0.2) is 36.8 Å². The third-order valence-electron chi connectivity index (χ3n) is 10.3. The molecule has 248 valence electrons. The van der Waals surface area contributed by atoms with Gasteiger partial charge in [-0.3, -0.25) is 14.6 Å². The first kappa shape index (κ1) is 32.6. The number of aryl methyl sites for hydroxylation is 1. The van der Waals surface area contributed by atoms with Crippen LogP contribution in [0.1, 0.15) is 61.0 Å². The highest BCUT2D eigenvalue weighted by Crippen LogP contribution is 2.33. The molecule has 0 saturated carbocycles. The molecule has 46 heavy (non-hydrogen) atoms. The fourth-order valence-corrected chi connectivity index (χ4v) is 9.13. The van der Waals surface area contributed by atoms with E-state index in [4.69, 9.17) is 0 Å². The van der Waals surface area contributed by atoms with E-state index in [0.29, 0.717) is 29.5 Å². The number of pyridine rings is 1. The Morgan fingerprint density at radius 1 is 1.04 bits per heavy atom. The summed E-state index contributed by atoms with van der Waals surface area (Å²) in [7, 11) is -1.15. The maximum absolute atomic E-state index is 14.5. The lowest BCUT2D eigenvalue weighted by Gasteiger charge is -2.35. The van der Waals surface area contributed by atoms with Crippen LogP contribution in [0.2, 0.25) is 0 Å². The summed E-state index contributed by atoms with van der Waals surface area (Å²) in [6.07, 6.45) is 10.2. The molecule has 0 bridgehead atoms. The van der Waals surface area contributed by atoms with Crippen molar-refractivity contribution >= 4 is 32.6 Å². The van der Waals surface area contributed by atoms with Gasteiger partial charge in [0.05, 0.1) is 34.5 Å². The van der Waals surface area contributed by atoms with E-state index in [1.54, 1.807) is 18.0 Å². The highest BCUT2D eigenvalue weighted by atomic mass is 32.2. The van der Waals surface area contributed by atoms with Gasteiger partial charge in [0.25, 0.3) is 5.91 Å². The molecule has 11 heteroatoms. The fourth-order valence-electron chi connectivity index (χ4n) is 7.56. The number of fused-ring (bicyclic) bond motifs is 1. The van der Waals surface area contributed by atoms with Crippen LogP contribution >= 0.6 is 0 Å². The fraction of sp³-hybridized carbons (Fsp3) is 0.571. The molecule has 1 atom stereocenters. The second-order valence-corrected chi connectivity index (χ2v) is 16.3. The van der Waals surface area contributed by atoms with Crippen LogP contribution in [-0.2, 0) is 21.1 Å². The van der Waals surface area contributed by atoms with E-state index in [0.717, 1.165) is 74.9 Å². The Morgan fingerprint density at radius 2 is 1.76 bits per heavy atom. The summed E-state index contributed by atoms with van der Waals surface area (Å²) >= 11 is 0. The van der Waals surface area contributed by atoms with Gasteiger partial charge in [-0.05, 0) is 100 Å². The summed E-state index contributed by atoms with van der Waals surface area (Å²) in [6.45, 7) is 10.6. The van der Waals surface area contributed by atoms with E-state index in [1.807, 2.05) is 35.7 Å². The Bertz CT molecular complexity index is 1720. The van der Waals surface area contributed by atoms with Crippen molar-refractivity contribution in [3.8, 4) is 5.69 Å². The Labute approximate surface area is 271 Å². The number of carbonyl (C=O) groups is 2. The average Bonchev–Trinajstić information content (AvgIpc) is 3.60. The molecule has 0 aliphatic carbocycles. The van der Waals surface area contributed by atoms with E-state index >= 15 is 0 Å². The molecule has 3 aliphatic rings. The number of aromatic nitrogens is 2. The smallest absolute Gasteiger partial charge is 0.256 e. The standard InChI is InChI=1S/C35H46FN5O4S/c1-23(2)38(4)35(43)30-15-29(36)5-6-31(30)41-20-28(34-24(3)16-37-17-32(34)41)13-26-7-10-39(19-26)18-25-8-11-40(12-9-25)33(42)14-27-21-46(44,45)22-27/h5-6,15-17,20,23,25-27H,7-14,18-19,21-22H2,1-4H3/t26-/m1/s1. The summed E-state index contributed by atoms with van der Waals surface area (Å²) in [5, 5.41) is 1.14. The SMILES string of the molecule is Cc1cncc2c1c(C[C@H]1CCN(CC3CCN(C(=O)CC4CS(=O)(=O)C4)CC3)C1)cn2-c1ccc(F)cc1C(=O)N(C)C(C)C. The molecule has 9 nitrogen and oxygen atoms in total. The highest BCUT2D eigenvalue weighted by molar-refractivity contribution is 7.92. The van der Waals surface area contributed by atoms with Gasteiger partial charge in [-0.25, -0.2) is 12.8 Å². The van der Waals surface area contributed by atoms with Crippen molar-refractivity contribution in [1.29, 1.82) is 0 Å². The monoisotopic (exact) mass is 651 g/mol. The molecular formula is C35H46FN5O4S. The van der Waals surface area contributed by atoms with E-state index in [2.05, 4.69) is 23.0 Å². The van der Waals surface area contributed by atoms with Crippen molar-refractivity contribution in [2.75, 3.05) is 51.3 Å². The molecule has 3 fully saturated rings. The lowest BCUT2D eigenvalue weighted by atomic mass is 9.95. The minimum atomic E-state index is -2.90. The van der Waals surface area contributed by atoms with E-state index in [9.17, 15) is 22.4 Å². The molecule has 2 aromatic heterocycles. The average molecular weight is 652 g/mol. The van der Waals surface area contributed by atoms with Crippen LogP contribution in [0.4, 0.5) is 4.39 Å². The number of carbonyl (C=O) groups excluding carboxylic acids is 2. The first-order valence-corrected chi connectivity index (χ1v) is 18.4. The number of hydrogen-bond donors (Lipinski definition) is 0. The van der Waals surface area contributed by atoms with Crippen LogP contribution in [-0.4, -0.2) is 102 Å². The Hall–Kier alpha value is -3.31. The summed E-state index contributed by atoms with van der Waals surface area (Å²) in [5.74, 6) is 0.810. The molecule has 6 rings (SSSR count). The van der Waals surface area contributed by atoms with Crippen LogP contribution in [0, 0.1) is 30.5 Å². The van der Waals surface area contributed by atoms with Gasteiger partial charge in [0.2, 0.25) is 5.91 Å². The van der Waals surface area contributed by atoms with Gasteiger partial charge in [-0.2, -0.15) is 0 Å². The van der Waals surface area contributed by atoms with Crippen LogP contribution in [0.3, 0.4) is 0 Å². The first-order valence-electron chi connectivity index (χ1n) is 16.6. The zero-order valence-corrected chi connectivity index (χ0v) is 28.2. The number of sulfone groups is 1. The maximum Gasteiger partial charge on any atom is 0.256 e. The third-order valence-corrected chi connectivity index (χ3v) is 12.3. The zero-order valence-electron chi connectivity index (χ0n) is 27.4. The number of likely N-dealkylation sites (tertiary alicyclic amines) is 2. The van der Waals surface area contributed by atoms with Gasteiger partial charge in [0.15, 0.2) is 9.84 Å². The van der Waals surface area contributed by atoms with Crippen LogP contribution in [0.25, 0.3) is 16.6 Å². The number of amides is 2. The third kappa shape index (κ3) is 6.86. The van der Waals surface area contributed by atoms with Gasteiger partial charge in [0.1, 0.15) is 5.82 Å². The second-order valence-electron chi connectivity index (χ2n) is 14.1. The van der Waals surface area contributed by atoms with Gasteiger partial charge >= 0.3 is 0 Å². The molecule has 3 aliphatic heterocycles. The number of piperidine rings is 1. The molecular weight excluding hydrogens is 605 g/mol. The molecule has 3 saturated heterocycles. The minimum Gasteiger partial charge on any atom is -0.343 e. The number of rotatable bonds is 9. The Balaban J connectivity index is 1.11. The molecule has 1 aromatic carbocycles. The maximum atomic E-state index is 14.5. The van der Waals surface area contributed by atoms with E-state index in [-0.39, 0.29) is 35.3 Å². The molecule has 0 N–H and O–H groups in total. The first-order chi connectivity index (χ1) is 21.9. The summed E-state index contributed by atoms with van der Waals surface area (Å²) in [4.78, 5) is 36.7. The Kier molecular flexibility index (Phi) is 9.26. The number of halogens is 1. The lowest BCUT2D eigenvalue weighted by Crippen LogP contribution is -2.44. The predicted octanol–water partition coefficient (Wildman–Crippen LogP) is 4.49. The second kappa shape index (κ2) is 13.1. The predicted molar refractivity (Wildman–Crippen MR) is 177 cm³/mol. The normalized spacial score (nSPS) is 20.8. The van der Waals surface area contributed by atoms with Crippen molar-refractivity contribution in [3.05, 3.63) is 59.3 Å². The van der Waals surface area contributed by atoms with Crippen LogP contribution in [0.5, 0.6) is 0 Å². The number of benzene rings is 1. The van der Waals surface area contributed by atoms with Crippen LogP contribution < -0.4 is 0 Å². The molecule has 0 unspecified atom stereocenters. The molecule has 3 aromatic rings. The largest absolute Gasteiger partial charge is 0.343 e. The van der Waals surface area contributed by atoms with Crippen molar-refractivity contribution in [2.45, 2.75) is 58.9 Å². The highest BCUT2D eigenvalue weighted by Gasteiger charge is 2.36. The van der Waals surface area contributed by atoms with Gasteiger partial charge in [-0.15, -0.1) is 0 Å². The van der Waals surface area contributed by atoms with Crippen molar-refractivity contribution < 1.29 is 22.4 Å². The van der Waals surface area contributed by atoms with Gasteiger partial charge in [0, 0.05) is 63.5 Å². The van der Waals surface area contributed by atoms with Crippen molar-refractivity contribution in [2.24, 2.45) is 17.8 Å². The van der Waals surface area contributed by atoms with E-state index in [1.165, 1.54) is 17.7 Å². The molecule has 2 amide bonds. The summed E-state index contributed by atoms with van der Waals surface area (Å²) < 4.78 is 39.4. The zero-order chi connectivity index (χ0) is 32.7. The van der Waals surface area contributed by atoms with E-state index < -0.39 is 15.7 Å². The molecule has 0 spiro atoms. The van der Waals surface area contributed by atoms with Crippen molar-refractivity contribution in [3.63, 3.8) is 0 Å². The minimum absolute atomic E-state index is 0.00218. The molecule has 5 heterocycles. The molecule has 0 radical (unpaired) electrons. The lowest BCUT2D eigenvalue weighted by molar-refractivity contribution is -0.133. The Morgan fingerprint density at radius 3 is 2.46 bits per heavy atom. The quantitative estimate of drug-likeness (QED) is 0.339. The number of hydrogen-bond acceptors (Lipinski definition) is 6. The topological polar surface area (TPSA) is 95.8 Å². The number of nitrogens with zero attached hydrogens (tertiary/aromatic N) is 5. The van der Waals surface area contributed by atoms with Gasteiger partial charge < -0.3 is 19.3 Å². The van der Waals surface area contributed by atoms with Gasteiger partial charge in [-0.1, -0.05) is 0 Å². The summed E-state index contributed by atoms with van der Waals surface area (Å²) in [5.41, 5.74) is 4.19.